The fourth-order valence-corrected chi connectivity index (χ4v) is 1.94. The first-order chi connectivity index (χ1) is 9.65. The van der Waals surface area contributed by atoms with Crippen LogP contribution in [0.3, 0.4) is 0 Å². The third kappa shape index (κ3) is 2.23. The largest absolute Gasteiger partial charge is 0.441 e. The average Bonchev–Trinajstić information content (AvgIpc) is 3.03. The third-order valence-electron chi connectivity index (χ3n) is 2.94. The number of hydrogen-bond donors (Lipinski definition) is 3. The zero-order valence-corrected chi connectivity index (χ0v) is 10.9. The summed E-state index contributed by atoms with van der Waals surface area (Å²) in [4.78, 5) is 19.1. The molecule has 3 rings (SSSR count). The summed E-state index contributed by atoms with van der Waals surface area (Å²) in [5.41, 5.74) is 8.60. The summed E-state index contributed by atoms with van der Waals surface area (Å²) >= 11 is 0. The van der Waals surface area contributed by atoms with Gasteiger partial charge in [0.2, 0.25) is 0 Å². The van der Waals surface area contributed by atoms with Crippen molar-refractivity contribution in [3.05, 3.63) is 42.0 Å². The molecule has 102 valence electrons. The number of oxazole rings is 1. The van der Waals surface area contributed by atoms with Crippen molar-refractivity contribution in [2.75, 3.05) is 11.1 Å². The maximum atomic E-state index is 12.0. The van der Waals surface area contributed by atoms with E-state index in [1.807, 2.05) is 6.92 Å². The predicted octanol–water partition coefficient (Wildman–Crippen LogP) is 2.55. The van der Waals surface area contributed by atoms with Crippen LogP contribution in [0.5, 0.6) is 0 Å². The fraction of sp³-hybridized carbons (Fsp3) is 0.143. The van der Waals surface area contributed by atoms with Gasteiger partial charge in [-0.1, -0.05) is 6.92 Å². The number of nitrogens with two attached hydrogens (primary N) is 1. The maximum absolute atomic E-state index is 12.0. The highest BCUT2D eigenvalue weighted by atomic mass is 16.3. The molecule has 1 amide bonds. The molecule has 2 aromatic heterocycles. The van der Waals surface area contributed by atoms with Gasteiger partial charge < -0.3 is 20.5 Å². The molecule has 0 fully saturated rings. The Kier molecular flexibility index (Phi) is 2.90. The highest BCUT2D eigenvalue weighted by Crippen LogP contribution is 2.20. The first-order valence-corrected chi connectivity index (χ1v) is 6.30. The number of amides is 1. The van der Waals surface area contributed by atoms with Crippen LogP contribution < -0.4 is 11.1 Å². The quantitative estimate of drug-likeness (QED) is 0.681. The molecule has 1 aromatic carbocycles. The monoisotopic (exact) mass is 270 g/mol. The molecule has 3 aromatic rings. The number of nitrogen functional groups attached to an aromatic ring is 1. The predicted molar refractivity (Wildman–Crippen MR) is 76.5 cm³/mol. The normalized spacial score (nSPS) is 10.8. The lowest BCUT2D eigenvalue weighted by Crippen LogP contribution is -2.12. The first-order valence-electron chi connectivity index (χ1n) is 6.30. The van der Waals surface area contributed by atoms with Gasteiger partial charge in [-0.25, -0.2) is 4.98 Å². The third-order valence-corrected chi connectivity index (χ3v) is 2.94. The van der Waals surface area contributed by atoms with Gasteiger partial charge in [0, 0.05) is 24.0 Å². The van der Waals surface area contributed by atoms with Gasteiger partial charge in [-0.2, -0.15) is 0 Å². The molecule has 6 nitrogen and oxygen atoms in total. The molecule has 0 saturated heterocycles. The van der Waals surface area contributed by atoms with Gasteiger partial charge in [0.25, 0.3) is 5.91 Å². The number of fused-ring (bicyclic) bond motifs is 1. The molecular formula is C14H14N4O2. The number of carbonyl (C=O) groups excluding carboxylic acids is 1. The minimum Gasteiger partial charge on any atom is -0.441 e. The van der Waals surface area contributed by atoms with E-state index in [1.165, 1.54) is 0 Å². The number of H-pyrrole nitrogens is 1. The van der Waals surface area contributed by atoms with Crippen LogP contribution in [0.15, 0.2) is 34.9 Å². The molecule has 0 atom stereocenters. The van der Waals surface area contributed by atoms with E-state index in [-0.39, 0.29) is 5.91 Å². The lowest BCUT2D eigenvalue weighted by atomic mass is 10.2. The number of aromatic amines is 1. The van der Waals surface area contributed by atoms with Gasteiger partial charge in [0.05, 0.1) is 0 Å². The van der Waals surface area contributed by atoms with Crippen molar-refractivity contribution in [3.63, 3.8) is 0 Å². The van der Waals surface area contributed by atoms with Crippen LogP contribution in [0.2, 0.25) is 0 Å². The van der Waals surface area contributed by atoms with E-state index >= 15 is 0 Å². The zero-order chi connectivity index (χ0) is 14.1. The van der Waals surface area contributed by atoms with Crippen molar-refractivity contribution in [1.82, 2.24) is 9.97 Å². The Morgan fingerprint density at radius 1 is 1.45 bits per heavy atom. The number of benzene rings is 1. The summed E-state index contributed by atoms with van der Waals surface area (Å²) in [6.45, 7) is 1.98. The van der Waals surface area contributed by atoms with Crippen LogP contribution in [-0.4, -0.2) is 15.9 Å². The second kappa shape index (κ2) is 4.73. The maximum Gasteiger partial charge on any atom is 0.272 e. The Balaban J connectivity index is 1.85. The van der Waals surface area contributed by atoms with E-state index in [4.69, 9.17) is 10.2 Å². The van der Waals surface area contributed by atoms with Crippen molar-refractivity contribution in [1.29, 1.82) is 0 Å². The van der Waals surface area contributed by atoms with Crippen LogP contribution in [0.25, 0.3) is 11.1 Å². The molecule has 0 saturated carbocycles. The Bertz CT molecular complexity index is 772. The molecule has 0 radical (unpaired) electrons. The molecule has 0 spiro atoms. The minimum atomic E-state index is -0.250. The van der Waals surface area contributed by atoms with E-state index in [9.17, 15) is 4.79 Å². The van der Waals surface area contributed by atoms with E-state index in [0.29, 0.717) is 28.5 Å². The molecular weight excluding hydrogens is 256 g/mol. The number of aromatic nitrogens is 2. The summed E-state index contributed by atoms with van der Waals surface area (Å²) in [6, 6.07) is 6.93. The van der Waals surface area contributed by atoms with E-state index in [2.05, 4.69) is 15.3 Å². The van der Waals surface area contributed by atoms with Gasteiger partial charge in [-0.15, -0.1) is 0 Å². The SMILES string of the molecule is CCc1nc2cc(NC(=O)c3cc(N)c[nH]3)ccc2o1. The van der Waals surface area contributed by atoms with Crippen LogP contribution >= 0.6 is 0 Å². The first kappa shape index (κ1) is 12.3. The summed E-state index contributed by atoms with van der Waals surface area (Å²) in [7, 11) is 0. The number of carbonyl (C=O) groups is 1. The van der Waals surface area contributed by atoms with Crippen LogP contribution in [0, 0.1) is 0 Å². The molecule has 2 heterocycles. The Morgan fingerprint density at radius 3 is 3.00 bits per heavy atom. The van der Waals surface area contributed by atoms with Crippen LogP contribution in [-0.2, 0) is 6.42 Å². The lowest BCUT2D eigenvalue weighted by Gasteiger charge is -2.02. The van der Waals surface area contributed by atoms with Crippen molar-refractivity contribution in [2.45, 2.75) is 13.3 Å². The molecule has 20 heavy (non-hydrogen) atoms. The second-order valence-corrected chi connectivity index (χ2v) is 4.44. The van der Waals surface area contributed by atoms with Crippen LogP contribution in [0.1, 0.15) is 23.3 Å². The molecule has 0 aliphatic heterocycles. The van der Waals surface area contributed by atoms with Crippen molar-refractivity contribution < 1.29 is 9.21 Å². The van der Waals surface area contributed by atoms with E-state index < -0.39 is 0 Å². The topological polar surface area (TPSA) is 96.9 Å². The number of nitrogens with one attached hydrogen (secondary N) is 2. The summed E-state index contributed by atoms with van der Waals surface area (Å²) in [5, 5.41) is 2.78. The van der Waals surface area contributed by atoms with Crippen molar-refractivity contribution in [3.8, 4) is 0 Å². The highest BCUT2D eigenvalue weighted by molar-refractivity contribution is 6.04. The van der Waals surface area contributed by atoms with Gasteiger partial charge >= 0.3 is 0 Å². The van der Waals surface area contributed by atoms with Gasteiger partial charge in [-0.05, 0) is 24.3 Å². The van der Waals surface area contributed by atoms with E-state index in [0.717, 1.165) is 11.9 Å². The number of nitrogens with zero attached hydrogens (tertiary/aromatic N) is 1. The highest BCUT2D eigenvalue weighted by Gasteiger charge is 2.10. The summed E-state index contributed by atoms with van der Waals surface area (Å²) in [6.07, 6.45) is 2.31. The van der Waals surface area contributed by atoms with Gasteiger partial charge in [-0.3, -0.25) is 4.79 Å². The van der Waals surface area contributed by atoms with E-state index in [1.54, 1.807) is 30.5 Å². The van der Waals surface area contributed by atoms with Crippen molar-refractivity contribution >= 4 is 28.4 Å². The van der Waals surface area contributed by atoms with Crippen molar-refractivity contribution in [2.24, 2.45) is 0 Å². The Morgan fingerprint density at radius 2 is 2.30 bits per heavy atom. The summed E-state index contributed by atoms with van der Waals surface area (Å²) in [5.74, 6) is 0.431. The number of anilines is 2. The molecule has 0 unspecified atom stereocenters. The average molecular weight is 270 g/mol. The Hall–Kier alpha value is -2.76. The fourth-order valence-electron chi connectivity index (χ4n) is 1.94. The number of hydrogen-bond acceptors (Lipinski definition) is 4. The Labute approximate surface area is 115 Å². The minimum absolute atomic E-state index is 0.250. The molecule has 6 heteroatoms. The molecule has 0 aliphatic rings. The lowest BCUT2D eigenvalue weighted by molar-refractivity contribution is 0.102. The molecule has 0 aliphatic carbocycles. The smallest absolute Gasteiger partial charge is 0.272 e. The molecule has 4 N–H and O–H groups in total. The molecule has 0 bridgehead atoms. The standard InChI is InChI=1S/C14H14N4O2/c1-2-13-18-10-6-9(3-4-12(10)20-13)17-14(19)11-5-8(15)7-16-11/h3-7,16H,2,15H2,1H3,(H,17,19). The van der Waals surface area contributed by atoms with Gasteiger partial charge in [0.1, 0.15) is 11.2 Å². The summed E-state index contributed by atoms with van der Waals surface area (Å²) < 4.78 is 5.52. The zero-order valence-electron chi connectivity index (χ0n) is 10.9. The second-order valence-electron chi connectivity index (χ2n) is 4.44. The number of aryl methyl sites for hydroxylation is 1. The van der Waals surface area contributed by atoms with Gasteiger partial charge in [0.15, 0.2) is 11.5 Å². The number of rotatable bonds is 3. The van der Waals surface area contributed by atoms with Crippen LogP contribution in [0.4, 0.5) is 11.4 Å².